The van der Waals surface area contributed by atoms with E-state index < -0.39 is 11.6 Å². The van der Waals surface area contributed by atoms with Gasteiger partial charge in [-0.05, 0) is 26.0 Å². The second-order valence-corrected chi connectivity index (χ2v) is 5.50. The van der Waals surface area contributed by atoms with Crippen molar-refractivity contribution in [1.29, 1.82) is 0 Å². The van der Waals surface area contributed by atoms with Gasteiger partial charge < -0.3 is 14.7 Å². The Hall–Kier alpha value is -1.66. The second kappa shape index (κ2) is 5.38. The first-order valence-electron chi connectivity index (χ1n) is 6.08. The van der Waals surface area contributed by atoms with Crippen molar-refractivity contribution in [2.45, 2.75) is 19.4 Å². The van der Waals surface area contributed by atoms with Crippen LogP contribution in [-0.4, -0.2) is 52.2 Å². The number of carboxylic acid groups (broad SMARTS) is 1. The van der Waals surface area contributed by atoms with Crippen LogP contribution in [0, 0.1) is 6.92 Å². The zero-order valence-electron chi connectivity index (χ0n) is 11.2. The van der Waals surface area contributed by atoms with Gasteiger partial charge in [0.05, 0.1) is 13.1 Å². The molecule has 108 valence electrons. The van der Waals surface area contributed by atoms with Crippen molar-refractivity contribution in [1.82, 2.24) is 9.88 Å². The first-order valence-corrected chi connectivity index (χ1v) is 6.46. The Kier molecular flexibility index (Phi) is 3.96. The van der Waals surface area contributed by atoms with Crippen molar-refractivity contribution in [3.63, 3.8) is 0 Å². The molecule has 2 heterocycles. The third-order valence-electron chi connectivity index (χ3n) is 3.05. The summed E-state index contributed by atoms with van der Waals surface area (Å²) >= 11 is 5.83. The Balaban J connectivity index is 1.98. The van der Waals surface area contributed by atoms with Gasteiger partial charge in [0.15, 0.2) is 0 Å². The molecule has 7 heteroatoms. The van der Waals surface area contributed by atoms with E-state index in [-0.39, 0.29) is 17.7 Å². The van der Waals surface area contributed by atoms with Crippen molar-refractivity contribution in [2.24, 2.45) is 0 Å². The minimum absolute atomic E-state index is 0.159. The molecule has 0 bridgehead atoms. The largest absolute Gasteiger partial charge is 0.480 e. The fraction of sp³-hybridized carbons (Fsp3) is 0.462. The van der Waals surface area contributed by atoms with Crippen LogP contribution in [-0.2, 0) is 9.53 Å². The Labute approximate surface area is 121 Å². The van der Waals surface area contributed by atoms with E-state index in [1.807, 2.05) is 0 Å². The topological polar surface area (TPSA) is 79.7 Å². The van der Waals surface area contributed by atoms with E-state index in [1.165, 1.54) is 6.07 Å². The van der Waals surface area contributed by atoms with Gasteiger partial charge in [0, 0.05) is 11.3 Å². The Morgan fingerprint density at radius 1 is 1.50 bits per heavy atom. The molecule has 0 saturated carbocycles. The van der Waals surface area contributed by atoms with Gasteiger partial charge in [0.2, 0.25) is 0 Å². The zero-order chi connectivity index (χ0) is 14.9. The number of ether oxygens (including phenoxy) is 1. The summed E-state index contributed by atoms with van der Waals surface area (Å²) in [6.45, 7) is 3.90. The third-order valence-corrected chi connectivity index (χ3v) is 3.24. The summed E-state index contributed by atoms with van der Waals surface area (Å²) in [6.07, 6.45) is 0. The number of halogens is 1. The fourth-order valence-electron chi connectivity index (χ4n) is 2.17. The first-order chi connectivity index (χ1) is 9.29. The van der Waals surface area contributed by atoms with Crippen LogP contribution < -0.4 is 0 Å². The summed E-state index contributed by atoms with van der Waals surface area (Å²) in [5.74, 6) is -1.18. The normalized spacial score (nSPS) is 16.6. The van der Waals surface area contributed by atoms with Gasteiger partial charge in [-0.1, -0.05) is 11.6 Å². The summed E-state index contributed by atoms with van der Waals surface area (Å²) < 4.78 is 5.26. The van der Waals surface area contributed by atoms with Crippen molar-refractivity contribution in [3.05, 3.63) is 28.5 Å². The van der Waals surface area contributed by atoms with Gasteiger partial charge in [0.25, 0.3) is 5.91 Å². The molecule has 2 rings (SSSR count). The van der Waals surface area contributed by atoms with Crippen LogP contribution in [0.2, 0.25) is 5.15 Å². The Morgan fingerprint density at radius 2 is 2.15 bits per heavy atom. The first kappa shape index (κ1) is 14.7. The van der Waals surface area contributed by atoms with E-state index >= 15 is 0 Å². The van der Waals surface area contributed by atoms with Gasteiger partial charge >= 0.3 is 5.97 Å². The standard InChI is InChI=1S/C13H15ClN2O4/c1-8-3-9(4-10(14)15-8)12(19)16-6-13(2,7-16)20-5-11(17)18/h3-4H,5-7H2,1-2H3,(H,17,18). The molecular weight excluding hydrogens is 284 g/mol. The van der Waals surface area contributed by atoms with Crippen LogP contribution in [0.4, 0.5) is 0 Å². The van der Waals surface area contributed by atoms with Crippen LogP contribution in [0.5, 0.6) is 0 Å². The van der Waals surface area contributed by atoms with E-state index in [9.17, 15) is 9.59 Å². The molecule has 0 aromatic carbocycles. The number of rotatable bonds is 4. The molecule has 0 atom stereocenters. The van der Waals surface area contributed by atoms with Crippen LogP contribution in [0.25, 0.3) is 0 Å². The third kappa shape index (κ3) is 3.26. The molecule has 1 N–H and O–H groups in total. The molecule has 1 aromatic heterocycles. The lowest BCUT2D eigenvalue weighted by atomic mass is 9.95. The van der Waals surface area contributed by atoms with E-state index in [4.69, 9.17) is 21.4 Å². The molecule has 1 amide bonds. The summed E-state index contributed by atoms with van der Waals surface area (Å²) in [6, 6.07) is 3.19. The highest BCUT2D eigenvalue weighted by Crippen LogP contribution is 2.26. The number of aliphatic carboxylic acids is 1. The fourth-order valence-corrected chi connectivity index (χ4v) is 2.42. The molecule has 0 aliphatic carbocycles. The SMILES string of the molecule is Cc1cc(C(=O)N2CC(C)(OCC(=O)O)C2)cc(Cl)n1. The number of likely N-dealkylation sites (tertiary alicyclic amines) is 1. The molecule has 0 unspecified atom stereocenters. The Morgan fingerprint density at radius 3 is 2.70 bits per heavy atom. The maximum atomic E-state index is 12.2. The number of aryl methyl sites for hydroxylation is 1. The molecule has 1 saturated heterocycles. The van der Waals surface area contributed by atoms with Crippen molar-refractivity contribution < 1.29 is 19.4 Å². The van der Waals surface area contributed by atoms with Crippen LogP contribution in [0.3, 0.4) is 0 Å². The summed E-state index contributed by atoms with van der Waals surface area (Å²) in [4.78, 5) is 28.3. The molecular formula is C13H15ClN2O4. The average molecular weight is 299 g/mol. The van der Waals surface area contributed by atoms with Gasteiger partial charge in [-0.25, -0.2) is 9.78 Å². The quantitative estimate of drug-likeness (QED) is 0.849. The minimum Gasteiger partial charge on any atom is -0.480 e. The molecule has 1 aliphatic heterocycles. The Bertz CT molecular complexity index is 535. The van der Waals surface area contributed by atoms with E-state index in [2.05, 4.69) is 4.98 Å². The van der Waals surface area contributed by atoms with E-state index in [0.29, 0.717) is 24.3 Å². The van der Waals surface area contributed by atoms with Crippen molar-refractivity contribution in [2.75, 3.05) is 19.7 Å². The lowest BCUT2D eigenvalue weighted by molar-refractivity contribution is -0.159. The number of carbonyl (C=O) groups is 2. The van der Waals surface area contributed by atoms with Gasteiger partial charge in [-0.15, -0.1) is 0 Å². The number of aromatic nitrogens is 1. The zero-order valence-corrected chi connectivity index (χ0v) is 12.0. The monoisotopic (exact) mass is 298 g/mol. The smallest absolute Gasteiger partial charge is 0.329 e. The second-order valence-electron chi connectivity index (χ2n) is 5.11. The van der Waals surface area contributed by atoms with E-state index in [0.717, 1.165) is 0 Å². The van der Waals surface area contributed by atoms with Crippen LogP contribution >= 0.6 is 11.6 Å². The van der Waals surface area contributed by atoms with Gasteiger partial charge in [0.1, 0.15) is 17.4 Å². The molecule has 1 fully saturated rings. The van der Waals surface area contributed by atoms with Crippen LogP contribution in [0.1, 0.15) is 23.0 Å². The average Bonchev–Trinajstić information content (AvgIpc) is 2.31. The molecule has 1 aromatic rings. The molecule has 0 radical (unpaired) electrons. The maximum Gasteiger partial charge on any atom is 0.329 e. The molecule has 1 aliphatic rings. The van der Waals surface area contributed by atoms with E-state index in [1.54, 1.807) is 24.8 Å². The summed E-state index contributed by atoms with van der Waals surface area (Å²) in [5, 5.41) is 8.86. The number of hydrogen-bond donors (Lipinski definition) is 1. The summed E-state index contributed by atoms with van der Waals surface area (Å²) in [7, 11) is 0. The lowest BCUT2D eigenvalue weighted by Crippen LogP contribution is -2.63. The van der Waals surface area contributed by atoms with Crippen molar-refractivity contribution in [3.8, 4) is 0 Å². The summed E-state index contributed by atoms with van der Waals surface area (Å²) in [5.41, 5.74) is 0.550. The molecule has 6 nitrogen and oxygen atoms in total. The highest BCUT2D eigenvalue weighted by molar-refractivity contribution is 6.29. The number of hydrogen-bond acceptors (Lipinski definition) is 4. The molecule has 20 heavy (non-hydrogen) atoms. The number of carbonyl (C=O) groups excluding carboxylic acids is 1. The van der Waals surface area contributed by atoms with Crippen molar-refractivity contribution >= 4 is 23.5 Å². The van der Waals surface area contributed by atoms with Gasteiger partial charge in [-0.3, -0.25) is 4.79 Å². The number of nitrogens with zero attached hydrogens (tertiary/aromatic N) is 2. The number of carboxylic acids is 1. The highest BCUT2D eigenvalue weighted by Gasteiger charge is 2.43. The maximum absolute atomic E-state index is 12.2. The predicted octanol–water partition coefficient (Wildman–Crippen LogP) is 1.36. The highest BCUT2D eigenvalue weighted by atomic mass is 35.5. The minimum atomic E-state index is -1.02. The van der Waals surface area contributed by atoms with Crippen LogP contribution in [0.15, 0.2) is 12.1 Å². The number of amides is 1. The predicted molar refractivity (Wildman–Crippen MR) is 71.9 cm³/mol. The lowest BCUT2D eigenvalue weighted by Gasteiger charge is -2.47. The molecule has 0 spiro atoms. The number of pyridine rings is 1. The van der Waals surface area contributed by atoms with Gasteiger partial charge in [-0.2, -0.15) is 0 Å².